The topological polar surface area (TPSA) is 86.8 Å². The molecule has 7 nitrogen and oxygen atoms in total. The number of halogens is 1. The molecule has 9 heteroatoms. The van der Waals surface area contributed by atoms with E-state index in [-0.39, 0.29) is 23.8 Å². The van der Waals surface area contributed by atoms with Crippen LogP contribution in [-0.4, -0.2) is 44.3 Å². The van der Waals surface area contributed by atoms with Crippen LogP contribution >= 0.6 is 15.9 Å². The van der Waals surface area contributed by atoms with Gasteiger partial charge >= 0.3 is 0 Å². The maximum atomic E-state index is 14.5. The zero-order valence-corrected chi connectivity index (χ0v) is 28.4. The van der Waals surface area contributed by atoms with Gasteiger partial charge in [-0.1, -0.05) is 102 Å². The minimum absolute atomic E-state index is 0.0833. The molecular weight excluding hydrogens is 650 g/mol. The van der Waals surface area contributed by atoms with Crippen LogP contribution in [0.5, 0.6) is 0 Å². The zero-order chi connectivity index (χ0) is 32.4. The second kappa shape index (κ2) is 15.9. The molecule has 1 N–H and O–H groups in total. The van der Waals surface area contributed by atoms with E-state index in [1.807, 2.05) is 81.4 Å². The number of rotatable bonds is 14. The Morgan fingerprint density at radius 3 is 2.16 bits per heavy atom. The van der Waals surface area contributed by atoms with Gasteiger partial charge in [-0.15, -0.1) is 0 Å². The molecule has 0 aliphatic carbocycles. The maximum absolute atomic E-state index is 14.5. The lowest BCUT2D eigenvalue weighted by atomic mass is 10.0. The fourth-order valence-electron chi connectivity index (χ4n) is 5.00. The van der Waals surface area contributed by atoms with E-state index in [1.54, 1.807) is 42.5 Å². The van der Waals surface area contributed by atoms with Crippen molar-refractivity contribution in [1.29, 1.82) is 0 Å². The van der Waals surface area contributed by atoms with Gasteiger partial charge in [0.15, 0.2) is 0 Å². The van der Waals surface area contributed by atoms with Crippen molar-refractivity contribution in [2.45, 2.75) is 57.5 Å². The molecular formula is C36H40BrN3O4S. The largest absolute Gasteiger partial charge is 0.354 e. The van der Waals surface area contributed by atoms with Gasteiger partial charge in [0.2, 0.25) is 11.8 Å². The summed E-state index contributed by atoms with van der Waals surface area (Å²) in [4.78, 5) is 29.9. The summed E-state index contributed by atoms with van der Waals surface area (Å²) in [5.74, 6) is -0.761. The summed E-state index contributed by atoms with van der Waals surface area (Å²) in [5, 5.41) is 3.02. The van der Waals surface area contributed by atoms with Crippen molar-refractivity contribution >= 4 is 43.5 Å². The Morgan fingerprint density at radius 1 is 0.822 bits per heavy atom. The van der Waals surface area contributed by atoms with Crippen LogP contribution < -0.4 is 9.62 Å². The molecule has 0 radical (unpaired) electrons. The molecule has 0 aliphatic heterocycles. The number of aryl methyl sites for hydroxylation is 2. The highest BCUT2D eigenvalue weighted by Crippen LogP contribution is 2.26. The summed E-state index contributed by atoms with van der Waals surface area (Å²) < 4.78 is 30.3. The monoisotopic (exact) mass is 689 g/mol. The second-order valence-electron chi connectivity index (χ2n) is 11.2. The number of nitrogens with zero attached hydrogens (tertiary/aromatic N) is 2. The van der Waals surface area contributed by atoms with Crippen LogP contribution in [0, 0.1) is 13.8 Å². The molecule has 0 aromatic heterocycles. The van der Waals surface area contributed by atoms with E-state index in [9.17, 15) is 18.0 Å². The molecule has 236 valence electrons. The molecule has 4 aromatic carbocycles. The first-order valence-corrected chi connectivity index (χ1v) is 17.3. The molecule has 4 aromatic rings. The SMILES string of the molecule is CCCCNC(=O)[C@H](Cc1ccccc1)N(Cc1ccc(Br)cc1)C(=O)CN(c1cccc(C)c1)S(=O)(=O)c1ccc(C)cc1. The van der Waals surface area contributed by atoms with Crippen LogP contribution in [0.3, 0.4) is 0 Å². The van der Waals surface area contributed by atoms with E-state index >= 15 is 0 Å². The van der Waals surface area contributed by atoms with Gasteiger partial charge in [0.05, 0.1) is 10.6 Å². The Hall–Kier alpha value is -3.95. The summed E-state index contributed by atoms with van der Waals surface area (Å²) in [6, 6.07) is 29.9. The van der Waals surface area contributed by atoms with Crippen LogP contribution in [-0.2, 0) is 32.6 Å². The predicted octanol–water partition coefficient (Wildman–Crippen LogP) is 6.82. The lowest BCUT2D eigenvalue weighted by Gasteiger charge is -2.34. The summed E-state index contributed by atoms with van der Waals surface area (Å²) in [5.41, 5.74) is 3.86. The number of carbonyl (C=O) groups is 2. The summed E-state index contributed by atoms with van der Waals surface area (Å²) in [6.07, 6.45) is 1.99. The Balaban J connectivity index is 1.78. The molecule has 0 saturated carbocycles. The molecule has 0 spiro atoms. The van der Waals surface area contributed by atoms with Crippen molar-refractivity contribution < 1.29 is 18.0 Å². The van der Waals surface area contributed by atoms with E-state index < -0.39 is 28.5 Å². The standard InChI is InChI=1S/C36H40BrN3O4S/c1-4-5-22-38-36(42)34(24-29-11-7-6-8-12-29)39(25-30-16-18-31(37)19-17-30)35(41)26-40(32-13-9-10-28(3)23-32)45(43,44)33-20-14-27(2)15-21-33/h6-21,23,34H,4-5,22,24-26H2,1-3H3,(H,38,42)/t34-/m0/s1. The molecule has 0 saturated heterocycles. The molecule has 0 unspecified atom stereocenters. The van der Waals surface area contributed by atoms with Crippen molar-refractivity contribution in [2.24, 2.45) is 0 Å². The van der Waals surface area contributed by atoms with Crippen molar-refractivity contribution in [3.63, 3.8) is 0 Å². The summed E-state index contributed by atoms with van der Waals surface area (Å²) in [7, 11) is -4.14. The normalized spacial score (nSPS) is 11.9. The van der Waals surface area contributed by atoms with Crippen molar-refractivity contribution in [3.05, 3.63) is 130 Å². The van der Waals surface area contributed by atoms with Gasteiger partial charge in [0, 0.05) is 24.0 Å². The Bertz CT molecular complexity index is 1680. The fourth-order valence-corrected chi connectivity index (χ4v) is 6.67. The second-order valence-corrected chi connectivity index (χ2v) is 13.9. The lowest BCUT2D eigenvalue weighted by Crippen LogP contribution is -2.53. The molecule has 0 fully saturated rings. The van der Waals surface area contributed by atoms with Gasteiger partial charge < -0.3 is 10.2 Å². The first-order valence-electron chi connectivity index (χ1n) is 15.1. The van der Waals surface area contributed by atoms with Crippen LogP contribution in [0.4, 0.5) is 5.69 Å². The predicted molar refractivity (Wildman–Crippen MR) is 183 cm³/mol. The minimum Gasteiger partial charge on any atom is -0.354 e. The van der Waals surface area contributed by atoms with E-state index in [0.717, 1.165) is 43.9 Å². The van der Waals surface area contributed by atoms with E-state index in [1.165, 1.54) is 4.90 Å². The average Bonchev–Trinajstić information content (AvgIpc) is 3.03. The zero-order valence-electron chi connectivity index (χ0n) is 25.9. The lowest BCUT2D eigenvalue weighted by molar-refractivity contribution is -0.140. The van der Waals surface area contributed by atoms with Crippen molar-refractivity contribution in [2.75, 3.05) is 17.4 Å². The molecule has 4 rings (SSSR count). The summed E-state index contributed by atoms with van der Waals surface area (Å²) in [6.45, 7) is 5.93. The van der Waals surface area contributed by atoms with E-state index in [4.69, 9.17) is 0 Å². The highest BCUT2D eigenvalue weighted by molar-refractivity contribution is 9.10. The number of hydrogen-bond donors (Lipinski definition) is 1. The number of benzene rings is 4. The molecule has 0 bridgehead atoms. The Morgan fingerprint density at radius 2 is 1.51 bits per heavy atom. The Labute approximate surface area is 275 Å². The molecule has 1 atom stereocenters. The van der Waals surface area contributed by atoms with E-state index in [0.29, 0.717) is 12.2 Å². The molecule has 45 heavy (non-hydrogen) atoms. The minimum atomic E-state index is -4.14. The van der Waals surface area contributed by atoms with Gasteiger partial charge in [-0.2, -0.15) is 0 Å². The number of hydrogen-bond acceptors (Lipinski definition) is 4. The highest BCUT2D eigenvalue weighted by atomic mass is 79.9. The third kappa shape index (κ3) is 9.28. The van der Waals surface area contributed by atoms with Crippen LogP contribution in [0.25, 0.3) is 0 Å². The van der Waals surface area contributed by atoms with Gasteiger partial charge in [0.25, 0.3) is 10.0 Å². The van der Waals surface area contributed by atoms with E-state index in [2.05, 4.69) is 21.2 Å². The number of unbranched alkanes of at least 4 members (excludes halogenated alkanes) is 1. The number of carbonyl (C=O) groups excluding carboxylic acids is 2. The van der Waals surface area contributed by atoms with Gasteiger partial charge in [-0.25, -0.2) is 8.42 Å². The number of sulfonamides is 1. The van der Waals surface area contributed by atoms with Crippen LogP contribution in [0.2, 0.25) is 0 Å². The Kier molecular flexibility index (Phi) is 12.0. The highest BCUT2D eigenvalue weighted by Gasteiger charge is 2.34. The third-order valence-electron chi connectivity index (χ3n) is 7.54. The molecule has 0 heterocycles. The molecule has 0 aliphatic rings. The van der Waals surface area contributed by atoms with Crippen LogP contribution in [0.15, 0.2) is 112 Å². The van der Waals surface area contributed by atoms with Crippen molar-refractivity contribution in [1.82, 2.24) is 10.2 Å². The van der Waals surface area contributed by atoms with Gasteiger partial charge in [-0.05, 0) is 73.4 Å². The average molecular weight is 691 g/mol. The number of amides is 2. The third-order valence-corrected chi connectivity index (χ3v) is 9.86. The maximum Gasteiger partial charge on any atom is 0.264 e. The first kappa shape index (κ1) is 33.9. The summed E-state index contributed by atoms with van der Waals surface area (Å²) >= 11 is 3.47. The fraction of sp³-hybridized carbons (Fsp3) is 0.278. The van der Waals surface area contributed by atoms with Gasteiger partial charge in [0.1, 0.15) is 12.6 Å². The molecule has 2 amide bonds. The van der Waals surface area contributed by atoms with Crippen molar-refractivity contribution in [3.8, 4) is 0 Å². The van der Waals surface area contributed by atoms with Crippen LogP contribution in [0.1, 0.15) is 42.0 Å². The number of anilines is 1. The quantitative estimate of drug-likeness (QED) is 0.147. The smallest absolute Gasteiger partial charge is 0.264 e. The van der Waals surface area contributed by atoms with Gasteiger partial charge in [-0.3, -0.25) is 13.9 Å². The number of nitrogens with one attached hydrogen (secondary N) is 1. The first-order chi connectivity index (χ1) is 21.6.